The number of aryl methyl sites for hydroxylation is 1. The molecule has 1 nitrogen and oxygen atoms in total. The van der Waals surface area contributed by atoms with E-state index in [1.165, 1.54) is 6.07 Å². The topological polar surface area (TPSA) is 9.23 Å². The van der Waals surface area contributed by atoms with Crippen LogP contribution in [0.1, 0.15) is 113 Å². The molecule has 0 atom stereocenters. The van der Waals surface area contributed by atoms with Gasteiger partial charge in [-0.1, -0.05) is 44.9 Å². The number of halogens is 4. The molecule has 4 rings (SSSR count). The lowest BCUT2D eigenvalue weighted by molar-refractivity contribution is 0.191. The van der Waals surface area contributed by atoms with E-state index in [-0.39, 0.29) is 23.5 Å². The van der Waals surface area contributed by atoms with Crippen molar-refractivity contribution in [3.8, 4) is 5.75 Å². The van der Waals surface area contributed by atoms with Crippen molar-refractivity contribution in [1.29, 1.82) is 0 Å². The van der Waals surface area contributed by atoms with Crippen LogP contribution in [0.2, 0.25) is 0 Å². The van der Waals surface area contributed by atoms with E-state index in [9.17, 15) is 8.78 Å². The van der Waals surface area contributed by atoms with Crippen molar-refractivity contribution in [2.24, 2.45) is 11.8 Å². The van der Waals surface area contributed by atoms with E-state index >= 15 is 8.78 Å². The molecule has 0 spiro atoms. The lowest BCUT2D eigenvalue weighted by atomic mass is 9.76. The molecular weight excluding hydrogens is 464 g/mol. The zero-order valence-electron chi connectivity index (χ0n) is 21.7. The molecule has 0 unspecified atom stereocenters. The lowest BCUT2D eigenvalue weighted by Gasteiger charge is -2.31. The van der Waals surface area contributed by atoms with Crippen molar-refractivity contribution in [1.82, 2.24) is 0 Å². The summed E-state index contributed by atoms with van der Waals surface area (Å²) in [6.45, 7) is 4.51. The fourth-order valence-corrected chi connectivity index (χ4v) is 6.18. The fourth-order valence-electron chi connectivity index (χ4n) is 6.18. The Morgan fingerprint density at radius 3 is 1.75 bits per heavy atom. The van der Waals surface area contributed by atoms with Crippen molar-refractivity contribution >= 4 is 0 Å². The van der Waals surface area contributed by atoms with Crippen LogP contribution in [0.25, 0.3) is 0 Å². The number of benzene rings is 2. The third kappa shape index (κ3) is 6.08. The second-order valence-electron chi connectivity index (χ2n) is 11.0. The molecular formula is C31H40F4O. The minimum Gasteiger partial charge on any atom is -0.490 e. The Morgan fingerprint density at radius 1 is 0.667 bits per heavy atom. The van der Waals surface area contributed by atoms with Gasteiger partial charge in [0.1, 0.15) is 0 Å². The summed E-state index contributed by atoms with van der Waals surface area (Å²) in [5.74, 6) is -2.11. The van der Waals surface area contributed by atoms with Crippen LogP contribution in [0.5, 0.6) is 5.75 Å². The first-order valence-electron chi connectivity index (χ1n) is 14.0. The third-order valence-corrected chi connectivity index (χ3v) is 8.69. The second kappa shape index (κ2) is 12.5. The van der Waals surface area contributed by atoms with Crippen molar-refractivity contribution in [2.45, 2.75) is 103 Å². The molecule has 0 N–H and O–H groups in total. The van der Waals surface area contributed by atoms with Gasteiger partial charge in [0.2, 0.25) is 5.82 Å². The van der Waals surface area contributed by atoms with Crippen LogP contribution in [-0.4, -0.2) is 6.61 Å². The Bertz CT molecular complexity index is 1000. The molecule has 0 amide bonds. The Labute approximate surface area is 213 Å². The Balaban J connectivity index is 1.31. The summed E-state index contributed by atoms with van der Waals surface area (Å²) < 4.78 is 64.6. The summed E-state index contributed by atoms with van der Waals surface area (Å²) >= 11 is 0. The third-order valence-electron chi connectivity index (χ3n) is 8.69. The van der Waals surface area contributed by atoms with E-state index in [2.05, 4.69) is 6.92 Å². The molecule has 0 heterocycles. The first kappa shape index (κ1) is 27.0. The first-order valence-corrected chi connectivity index (χ1v) is 14.0. The molecule has 0 aliphatic heterocycles. The summed E-state index contributed by atoms with van der Waals surface area (Å²) in [5.41, 5.74) is 1.41. The molecule has 2 fully saturated rings. The molecule has 2 aromatic carbocycles. The standard InChI is InChI=1S/C31H40F4O/c1-3-5-6-24-15-18-27(31(35)28(24)32)36-19-21-9-13-23(14-10-21)26-17-16-25(29(33)30(26)34)22-11-7-20(4-2)8-12-22/h15-18,20-23H,3-14,19H2,1-2H3. The van der Waals surface area contributed by atoms with Gasteiger partial charge in [-0.2, -0.15) is 4.39 Å². The van der Waals surface area contributed by atoms with E-state index in [1.807, 2.05) is 13.0 Å². The van der Waals surface area contributed by atoms with Gasteiger partial charge in [0.15, 0.2) is 23.2 Å². The van der Waals surface area contributed by atoms with Gasteiger partial charge in [0, 0.05) is 0 Å². The highest BCUT2D eigenvalue weighted by Crippen LogP contribution is 2.42. The van der Waals surface area contributed by atoms with E-state index in [0.717, 1.165) is 70.6 Å². The van der Waals surface area contributed by atoms with Crippen molar-refractivity contribution in [3.05, 3.63) is 64.2 Å². The van der Waals surface area contributed by atoms with Gasteiger partial charge in [-0.25, -0.2) is 13.2 Å². The first-order chi connectivity index (χ1) is 17.4. The van der Waals surface area contributed by atoms with Crippen LogP contribution in [-0.2, 0) is 6.42 Å². The van der Waals surface area contributed by atoms with Gasteiger partial charge in [-0.05, 0) is 111 Å². The van der Waals surface area contributed by atoms with Crippen molar-refractivity contribution in [3.63, 3.8) is 0 Å². The largest absolute Gasteiger partial charge is 0.490 e. The van der Waals surface area contributed by atoms with E-state index in [4.69, 9.17) is 4.74 Å². The predicted molar refractivity (Wildman–Crippen MR) is 137 cm³/mol. The molecule has 0 saturated heterocycles. The monoisotopic (exact) mass is 504 g/mol. The van der Waals surface area contributed by atoms with E-state index < -0.39 is 23.3 Å². The quantitative estimate of drug-likeness (QED) is 0.309. The average Bonchev–Trinajstić information content (AvgIpc) is 2.91. The Morgan fingerprint density at radius 2 is 1.22 bits per heavy atom. The number of ether oxygens (including phenoxy) is 1. The summed E-state index contributed by atoms with van der Waals surface area (Å²) in [4.78, 5) is 0. The summed E-state index contributed by atoms with van der Waals surface area (Å²) in [7, 11) is 0. The smallest absolute Gasteiger partial charge is 0.200 e. The van der Waals surface area contributed by atoms with E-state index in [1.54, 1.807) is 12.1 Å². The summed E-state index contributed by atoms with van der Waals surface area (Å²) in [6.07, 6.45) is 10.5. The van der Waals surface area contributed by atoms with Crippen LogP contribution >= 0.6 is 0 Å². The van der Waals surface area contributed by atoms with Gasteiger partial charge in [-0.3, -0.25) is 0 Å². The van der Waals surface area contributed by atoms with Crippen LogP contribution in [0.3, 0.4) is 0 Å². The van der Waals surface area contributed by atoms with Gasteiger partial charge in [0.25, 0.3) is 0 Å². The highest BCUT2D eigenvalue weighted by atomic mass is 19.2. The number of unbranched alkanes of at least 4 members (excludes halogenated alkanes) is 1. The molecule has 2 aliphatic rings. The molecule has 0 radical (unpaired) electrons. The zero-order valence-corrected chi connectivity index (χ0v) is 21.7. The highest BCUT2D eigenvalue weighted by Gasteiger charge is 2.30. The molecule has 0 aromatic heterocycles. The predicted octanol–water partition coefficient (Wildman–Crippen LogP) is 9.62. The Kier molecular flexibility index (Phi) is 9.35. The number of hydrogen-bond donors (Lipinski definition) is 0. The molecule has 5 heteroatoms. The van der Waals surface area contributed by atoms with Crippen LogP contribution in [0.4, 0.5) is 17.6 Å². The highest BCUT2D eigenvalue weighted by molar-refractivity contribution is 5.32. The van der Waals surface area contributed by atoms with Crippen LogP contribution < -0.4 is 4.74 Å². The normalized spacial score (nSPS) is 24.6. The number of rotatable bonds is 9. The molecule has 2 aliphatic carbocycles. The molecule has 2 saturated carbocycles. The van der Waals surface area contributed by atoms with Crippen LogP contribution in [0.15, 0.2) is 24.3 Å². The number of hydrogen-bond acceptors (Lipinski definition) is 1. The minimum atomic E-state index is -0.918. The minimum absolute atomic E-state index is 0.0207. The zero-order chi connectivity index (χ0) is 25.7. The second-order valence-corrected chi connectivity index (χ2v) is 11.0. The maximum Gasteiger partial charge on any atom is 0.200 e. The SMILES string of the molecule is CCCCc1ccc(OCC2CCC(c3ccc(C4CCC(CC)CC4)c(F)c3F)CC2)c(F)c1F. The van der Waals surface area contributed by atoms with Crippen LogP contribution in [0, 0.1) is 35.1 Å². The molecule has 2 aromatic rings. The van der Waals surface area contributed by atoms with Gasteiger partial charge in [0.05, 0.1) is 6.61 Å². The van der Waals surface area contributed by atoms with Crippen molar-refractivity contribution in [2.75, 3.05) is 6.61 Å². The fraction of sp³-hybridized carbons (Fsp3) is 0.613. The molecule has 36 heavy (non-hydrogen) atoms. The average molecular weight is 505 g/mol. The summed E-state index contributed by atoms with van der Waals surface area (Å²) in [6, 6.07) is 6.75. The van der Waals surface area contributed by atoms with E-state index in [0.29, 0.717) is 35.6 Å². The molecule has 0 bridgehead atoms. The maximum absolute atomic E-state index is 15.1. The Hall–Kier alpha value is -2.04. The van der Waals surface area contributed by atoms with Crippen molar-refractivity contribution < 1.29 is 22.3 Å². The van der Waals surface area contributed by atoms with Gasteiger partial charge >= 0.3 is 0 Å². The maximum atomic E-state index is 15.1. The lowest BCUT2D eigenvalue weighted by Crippen LogP contribution is -2.21. The molecule has 198 valence electrons. The van der Waals surface area contributed by atoms with Gasteiger partial charge < -0.3 is 4.74 Å². The summed E-state index contributed by atoms with van der Waals surface area (Å²) in [5, 5.41) is 0. The van der Waals surface area contributed by atoms with Gasteiger partial charge in [-0.15, -0.1) is 0 Å².